The molecule has 4 atom stereocenters. The standard InChI is InChI=1S/C13H14N6O4S/c14-9-5-6-11(17-3-18-12(6)24)19(10(5)16-2-15-9)13-8(22)7(21)4(1-20)23-13/h2-4,7-8,13,20-22H,1H2,(H2,14,15,16)(H,17,18,24)/t4-,7-,8-,13?/m1/s1. The average Bonchev–Trinajstić information content (AvgIpc) is 3.05. The number of nitrogens with one attached hydrogen (secondary N) is 1. The topological polar surface area (TPSA) is 155 Å². The molecular formula is C13H14N6O4S. The van der Waals surface area contributed by atoms with Crippen LogP contribution < -0.4 is 5.73 Å². The van der Waals surface area contributed by atoms with E-state index in [9.17, 15) is 15.3 Å². The molecule has 10 nitrogen and oxygen atoms in total. The molecule has 1 unspecified atom stereocenters. The van der Waals surface area contributed by atoms with Gasteiger partial charge < -0.3 is 30.8 Å². The summed E-state index contributed by atoms with van der Waals surface area (Å²) in [6.07, 6.45) is -1.72. The lowest BCUT2D eigenvalue weighted by atomic mass is 10.1. The Morgan fingerprint density at radius 3 is 2.75 bits per heavy atom. The second kappa shape index (κ2) is 5.43. The summed E-state index contributed by atoms with van der Waals surface area (Å²) < 4.78 is 7.45. The first-order valence-electron chi connectivity index (χ1n) is 7.14. The third-order valence-electron chi connectivity index (χ3n) is 4.18. The van der Waals surface area contributed by atoms with Gasteiger partial charge in [0.15, 0.2) is 6.23 Å². The zero-order valence-corrected chi connectivity index (χ0v) is 13.0. The number of H-pyrrole nitrogens is 1. The Morgan fingerprint density at radius 2 is 2.04 bits per heavy atom. The molecule has 1 aliphatic heterocycles. The van der Waals surface area contributed by atoms with Crippen molar-refractivity contribution in [3.05, 3.63) is 17.3 Å². The lowest BCUT2D eigenvalue weighted by molar-refractivity contribution is -0.0492. The third kappa shape index (κ3) is 1.96. The Morgan fingerprint density at radius 1 is 1.25 bits per heavy atom. The van der Waals surface area contributed by atoms with E-state index in [4.69, 9.17) is 22.7 Å². The van der Waals surface area contributed by atoms with Crippen molar-refractivity contribution in [3.8, 4) is 0 Å². The third-order valence-corrected chi connectivity index (χ3v) is 4.49. The molecule has 11 heteroatoms. The lowest BCUT2D eigenvalue weighted by Crippen LogP contribution is -2.33. The van der Waals surface area contributed by atoms with Crippen LogP contribution in [0.1, 0.15) is 6.23 Å². The van der Waals surface area contributed by atoms with E-state index < -0.39 is 31.1 Å². The Labute approximate surface area is 139 Å². The van der Waals surface area contributed by atoms with E-state index in [1.54, 1.807) is 4.57 Å². The van der Waals surface area contributed by atoms with E-state index in [0.29, 0.717) is 26.7 Å². The smallest absolute Gasteiger partial charge is 0.166 e. The number of aliphatic hydroxyl groups excluding tert-OH is 3. The number of nitrogens with two attached hydrogens (primary N) is 1. The molecule has 126 valence electrons. The van der Waals surface area contributed by atoms with Crippen molar-refractivity contribution in [2.45, 2.75) is 24.5 Å². The number of aromatic nitrogens is 5. The maximum Gasteiger partial charge on any atom is 0.166 e. The number of aliphatic hydroxyl groups is 3. The van der Waals surface area contributed by atoms with Gasteiger partial charge in [-0.1, -0.05) is 12.2 Å². The zero-order chi connectivity index (χ0) is 17.0. The second-order valence-corrected chi connectivity index (χ2v) is 5.87. The van der Waals surface area contributed by atoms with Crippen LogP contribution in [0.15, 0.2) is 12.7 Å². The van der Waals surface area contributed by atoms with Crippen molar-refractivity contribution in [3.63, 3.8) is 0 Å². The van der Waals surface area contributed by atoms with Gasteiger partial charge in [-0.2, -0.15) is 0 Å². The van der Waals surface area contributed by atoms with E-state index in [2.05, 4.69) is 19.9 Å². The number of rotatable bonds is 2. The molecular weight excluding hydrogens is 336 g/mol. The number of nitrogen functional groups attached to an aromatic ring is 1. The number of anilines is 1. The van der Waals surface area contributed by atoms with Crippen molar-refractivity contribution in [1.82, 2.24) is 24.5 Å². The largest absolute Gasteiger partial charge is 0.394 e. The van der Waals surface area contributed by atoms with Crippen LogP contribution in [0, 0.1) is 4.64 Å². The molecule has 0 aromatic carbocycles. The molecule has 4 rings (SSSR count). The Hall–Kier alpha value is -2.18. The van der Waals surface area contributed by atoms with Crippen molar-refractivity contribution >= 4 is 40.1 Å². The number of aromatic amines is 1. The molecule has 0 radical (unpaired) electrons. The van der Waals surface area contributed by atoms with Crippen LogP contribution >= 0.6 is 12.2 Å². The van der Waals surface area contributed by atoms with Crippen LogP contribution in [0.4, 0.5) is 5.82 Å². The quantitative estimate of drug-likeness (QED) is 0.375. The molecule has 1 aliphatic rings. The molecule has 3 aromatic rings. The Balaban J connectivity index is 2.07. The highest BCUT2D eigenvalue weighted by molar-refractivity contribution is 7.71. The van der Waals surface area contributed by atoms with Crippen LogP contribution in [0.25, 0.3) is 22.1 Å². The van der Waals surface area contributed by atoms with Crippen LogP contribution in [-0.4, -0.2) is 64.7 Å². The maximum atomic E-state index is 10.4. The van der Waals surface area contributed by atoms with Gasteiger partial charge >= 0.3 is 0 Å². The molecule has 0 saturated carbocycles. The SMILES string of the molecule is Nc1ncnc2c1c1c(=S)nc[nH]c1n2C1O[C@H](CO)[C@@H](O)[C@H]1O. The monoisotopic (exact) mass is 350 g/mol. The summed E-state index contributed by atoms with van der Waals surface area (Å²) >= 11 is 5.28. The van der Waals surface area contributed by atoms with Gasteiger partial charge in [0.05, 0.1) is 23.7 Å². The summed E-state index contributed by atoms with van der Waals surface area (Å²) in [7, 11) is 0. The van der Waals surface area contributed by atoms with Crippen molar-refractivity contribution in [2.24, 2.45) is 0 Å². The predicted molar refractivity (Wildman–Crippen MR) is 85.4 cm³/mol. The molecule has 1 fully saturated rings. The summed E-state index contributed by atoms with van der Waals surface area (Å²) in [4.78, 5) is 15.2. The lowest BCUT2D eigenvalue weighted by Gasteiger charge is -2.18. The minimum Gasteiger partial charge on any atom is -0.394 e. The molecule has 0 spiro atoms. The minimum atomic E-state index is -1.27. The van der Waals surface area contributed by atoms with Gasteiger partial charge in [-0.25, -0.2) is 15.0 Å². The average molecular weight is 350 g/mol. The van der Waals surface area contributed by atoms with Gasteiger partial charge in [-0.3, -0.25) is 4.57 Å². The summed E-state index contributed by atoms with van der Waals surface area (Å²) in [5.74, 6) is 0.211. The molecule has 24 heavy (non-hydrogen) atoms. The van der Waals surface area contributed by atoms with Crippen LogP contribution in [0.2, 0.25) is 0 Å². The first kappa shape index (κ1) is 15.4. The van der Waals surface area contributed by atoms with Gasteiger partial charge in [0, 0.05) is 0 Å². The first-order chi connectivity index (χ1) is 11.5. The van der Waals surface area contributed by atoms with Gasteiger partial charge in [-0.15, -0.1) is 0 Å². The van der Waals surface area contributed by atoms with Crippen LogP contribution in [0.3, 0.4) is 0 Å². The number of ether oxygens (including phenoxy) is 1. The summed E-state index contributed by atoms with van der Waals surface area (Å²) in [5, 5.41) is 30.7. The van der Waals surface area contributed by atoms with E-state index in [0.717, 1.165) is 0 Å². The Kier molecular flexibility index (Phi) is 3.47. The fourth-order valence-corrected chi connectivity index (χ4v) is 3.32. The number of hydrogen-bond acceptors (Lipinski definition) is 9. The highest BCUT2D eigenvalue weighted by Gasteiger charge is 2.44. The van der Waals surface area contributed by atoms with Crippen molar-refractivity contribution in [1.29, 1.82) is 0 Å². The summed E-state index contributed by atoms with van der Waals surface area (Å²) in [6.45, 7) is -0.430. The van der Waals surface area contributed by atoms with Crippen molar-refractivity contribution in [2.75, 3.05) is 12.3 Å². The van der Waals surface area contributed by atoms with Crippen LogP contribution in [0.5, 0.6) is 0 Å². The fourth-order valence-electron chi connectivity index (χ4n) is 3.06. The van der Waals surface area contributed by atoms with E-state index in [1.165, 1.54) is 12.7 Å². The van der Waals surface area contributed by atoms with E-state index in [1.807, 2.05) is 0 Å². The normalized spacial score (nSPS) is 27.3. The maximum absolute atomic E-state index is 10.4. The molecule has 4 heterocycles. The molecule has 0 aliphatic carbocycles. The highest BCUT2D eigenvalue weighted by Crippen LogP contribution is 2.37. The highest BCUT2D eigenvalue weighted by atomic mass is 32.1. The summed E-state index contributed by atoms with van der Waals surface area (Å²) in [6, 6.07) is 0. The van der Waals surface area contributed by atoms with Gasteiger partial charge in [-0.05, 0) is 0 Å². The Bertz CT molecular complexity index is 988. The molecule has 0 amide bonds. The molecule has 1 saturated heterocycles. The van der Waals surface area contributed by atoms with Crippen LogP contribution in [-0.2, 0) is 4.74 Å². The number of fused-ring (bicyclic) bond motifs is 3. The second-order valence-electron chi connectivity index (χ2n) is 5.49. The molecule has 6 N–H and O–H groups in total. The first-order valence-corrected chi connectivity index (χ1v) is 7.55. The number of hydrogen-bond donors (Lipinski definition) is 5. The van der Waals surface area contributed by atoms with E-state index >= 15 is 0 Å². The summed E-state index contributed by atoms with van der Waals surface area (Å²) in [5.41, 5.74) is 6.83. The van der Waals surface area contributed by atoms with Gasteiger partial charge in [0.1, 0.15) is 46.4 Å². The minimum absolute atomic E-state index is 0.211. The van der Waals surface area contributed by atoms with Gasteiger partial charge in [0.25, 0.3) is 0 Å². The number of nitrogens with zero attached hydrogens (tertiary/aromatic N) is 4. The fraction of sp³-hybridized carbons (Fsp3) is 0.385. The zero-order valence-electron chi connectivity index (χ0n) is 12.2. The van der Waals surface area contributed by atoms with Gasteiger partial charge in [0.2, 0.25) is 0 Å². The molecule has 3 aromatic heterocycles. The predicted octanol–water partition coefficient (Wildman–Crippen LogP) is -0.769. The van der Waals surface area contributed by atoms with E-state index in [-0.39, 0.29) is 5.82 Å². The van der Waals surface area contributed by atoms with Crippen molar-refractivity contribution < 1.29 is 20.1 Å². The molecule has 0 bridgehead atoms.